The summed E-state index contributed by atoms with van der Waals surface area (Å²) in [5, 5.41) is 0. The normalized spacial score (nSPS) is 24.1. The monoisotopic (exact) mass is 354 g/mol. The fourth-order valence-corrected chi connectivity index (χ4v) is 3.78. The third-order valence-electron chi connectivity index (χ3n) is 5.16. The first kappa shape index (κ1) is 17.8. The van der Waals surface area contributed by atoms with Crippen LogP contribution in [-0.4, -0.2) is 35.8 Å². The fraction of sp³-hybridized carbons (Fsp3) is 0.556. The number of halogens is 3. The van der Waals surface area contributed by atoms with Gasteiger partial charge in [0.25, 0.3) is 0 Å². The van der Waals surface area contributed by atoms with Crippen LogP contribution < -0.4 is 4.90 Å². The van der Waals surface area contributed by atoms with Crippen molar-refractivity contribution in [1.29, 1.82) is 0 Å². The van der Waals surface area contributed by atoms with Gasteiger partial charge in [0.05, 0.1) is 11.6 Å². The van der Waals surface area contributed by atoms with E-state index in [4.69, 9.17) is 0 Å². The van der Waals surface area contributed by atoms with E-state index >= 15 is 0 Å². The Morgan fingerprint density at radius 1 is 1.20 bits per heavy atom. The van der Waals surface area contributed by atoms with Crippen LogP contribution in [0.25, 0.3) is 0 Å². The maximum absolute atomic E-state index is 14.0. The molecule has 0 aromatic heterocycles. The molecule has 3 rings (SSSR count). The van der Waals surface area contributed by atoms with Crippen LogP contribution in [0.1, 0.15) is 39.0 Å². The van der Waals surface area contributed by atoms with E-state index in [0.29, 0.717) is 6.54 Å². The summed E-state index contributed by atoms with van der Waals surface area (Å²) < 4.78 is 40.5. The Kier molecular flexibility index (Phi) is 5.01. The maximum atomic E-state index is 14.0. The molecule has 136 valence electrons. The van der Waals surface area contributed by atoms with Crippen LogP contribution >= 0.6 is 0 Å². The topological polar surface area (TPSA) is 40.6 Å². The van der Waals surface area contributed by atoms with Crippen molar-refractivity contribution >= 4 is 17.5 Å². The van der Waals surface area contributed by atoms with Crippen molar-refractivity contribution in [3.63, 3.8) is 0 Å². The number of hydrogen-bond donors (Lipinski definition) is 0. The molecule has 4 nitrogen and oxygen atoms in total. The van der Waals surface area contributed by atoms with Gasteiger partial charge in [-0.15, -0.1) is 0 Å². The van der Waals surface area contributed by atoms with Gasteiger partial charge in [-0.25, -0.2) is 13.2 Å². The summed E-state index contributed by atoms with van der Waals surface area (Å²) >= 11 is 0. The molecule has 2 aliphatic heterocycles. The van der Waals surface area contributed by atoms with E-state index in [-0.39, 0.29) is 30.6 Å². The van der Waals surface area contributed by atoms with Gasteiger partial charge in [-0.05, 0) is 37.8 Å². The zero-order valence-electron chi connectivity index (χ0n) is 14.1. The van der Waals surface area contributed by atoms with Crippen molar-refractivity contribution < 1.29 is 22.8 Å². The van der Waals surface area contributed by atoms with Crippen LogP contribution in [0.2, 0.25) is 0 Å². The van der Waals surface area contributed by atoms with Crippen LogP contribution in [0.4, 0.5) is 18.9 Å². The van der Waals surface area contributed by atoms with Gasteiger partial charge in [-0.3, -0.25) is 9.59 Å². The molecule has 2 fully saturated rings. The molecule has 2 aliphatic rings. The van der Waals surface area contributed by atoms with E-state index in [9.17, 15) is 22.8 Å². The minimum Gasteiger partial charge on any atom is -0.339 e. The molecule has 25 heavy (non-hydrogen) atoms. The Hall–Kier alpha value is -2.05. The van der Waals surface area contributed by atoms with Crippen molar-refractivity contribution in [3.8, 4) is 0 Å². The van der Waals surface area contributed by atoms with E-state index in [2.05, 4.69) is 0 Å². The third-order valence-corrected chi connectivity index (χ3v) is 5.16. The predicted octanol–water partition coefficient (Wildman–Crippen LogP) is 3.25. The van der Waals surface area contributed by atoms with E-state index in [1.807, 2.05) is 11.8 Å². The summed E-state index contributed by atoms with van der Waals surface area (Å²) in [6, 6.07) is 1.99. The quantitative estimate of drug-likeness (QED) is 0.782. The molecule has 0 bridgehead atoms. The standard InChI is InChI=1S/C18H21F3N2O2/c1-2-12-5-3-4-8-22(12)18(25)11-9-15(24)23(10-11)14-7-6-13(19)16(20)17(14)21/h6-7,11-12H,2-5,8-10H2,1H3. The molecule has 0 N–H and O–H groups in total. The second-order valence-electron chi connectivity index (χ2n) is 6.69. The van der Waals surface area contributed by atoms with Crippen LogP contribution in [-0.2, 0) is 9.59 Å². The van der Waals surface area contributed by atoms with Gasteiger partial charge in [0.15, 0.2) is 17.5 Å². The minimum absolute atomic E-state index is 0.00735. The summed E-state index contributed by atoms with van der Waals surface area (Å²) in [6.07, 6.45) is 3.78. The van der Waals surface area contributed by atoms with Crippen molar-refractivity contribution in [2.45, 2.75) is 45.1 Å². The summed E-state index contributed by atoms with van der Waals surface area (Å²) in [4.78, 5) is 27.9. The van der Waals surface area contributed by atoms with Crippen molar-refractivity contribution in [2.24, 2.45) is 5.92 Å². The molecule has 1 aromatic carbocycles. The zero-order chi connectivity index (χ0) is 18.1. The van der Waals surface area contributed by atoms with Gasteiger partial charge in [0.2, 0.25) is 11.8 Å². The van der Waals surface area contributed by atoms with Gasteiger partial charge in [0.1, 0.15) is 0 Å². The maximum Gasteiger partial charge on any atom is 0.228 e. The second kappa shape index (κ2) is 7.06. The fourth-order valence-electron chi connectivity index (χ4n) is 3.78. The summed E-state index contributed by atoms with van der Waals surface area (Å²) in [7, 11) is 0. The molecule has 0 aliphatic carbocycles. The van der Waals surface area contributed by atoms with E-state index < -0.39 is 29.3 Å². The highest BCUT2D eigenvalue weighted by molar-refractivity contribution is 6.00. The Morgan fingerprint density at radius 3 is 2.68 bits per heavy atom. The molecule has 0 spiro atoms. The Balaban J connectivity index is 1.78. The second-order valence-corrected chi connectivity index (χ2v) is 6.69. The smallest absolute Gasteiger partial charge is 0.228 e. The molecule has 0 saturated carbocycles. The Bertz CT molecular complexity index is 695. The summed E-state index contributed by atoms with van der Waals surface area (Å²) in [5.74, 6) is -5.45. The van der Waals surface area contributed by atoms with E-state index in [1.165, 1.54) is 0 Å². The first-order chi connectivity index (χ1) is 11.9. The van der Waals surface area contributed by atoms with Gasteiger partial charge < -0.3 is 9.80 Å². The molecule has 7 heteroatoms. The minimum atomic E-state index is -1.61. The lowest BCUT2D eigenvalue weighted by atomic mass is 9.97. The summed E-state index contributed by atoms with van der Waals surface area (Å²) in [6.45, 7) is 2.69. The highest BCUT2D eigenvalue weighted by atomic mass is 19.2. The lowest BCUT2D eigenvalue weighted by molar-refractivity contribution is -0.139. The number of rotatable bonds is 3. The van der Waals surface area contributed by atoms with Gasteiger partial charge >= 0.3 is 0 Å². The predicted molar refractivity (Wildman–Crippen MR) is 86.4 cm³/mol. The van der Waals surface area contributed by atoms with Crippen LogP contribution in [0.15, 0.2) is 12.1 Å². The number of amides is 2. The van der Waals surface area contributed by atoms with Crippen LogP contribution in [0.3, 0.4) is 0 Å². The molecule has 2 unspecified atom stereocenters. The van der Waals surface area contributed by atoms with E-state index in [1.54, 1.807) is 0 Å². The molecule has 1 aromatic rings. The molecule has 0 radical (unpaired) electrons. The Labute approximate surface area is 144 Å². The SMILES string of the molecule is CCC1CCCCN1C(=O)C1CC(=O)N(c2ccc(F)c(F)c2F)C1. The average Bonchev–Trinajstić information content (AvgIpc) is 3.00. The molecular formula is C18H21F3N2O2. The highest BCUT2D eigenvalue weighted by Gasteiger charge is 2.40. The van der Waals surface area contributed by atoms with Crippen LogP contribution in [0, 0.1) is 23.4 Å². The Morgan fingerprint density at radius 2 is 1.96 bits per heavy atom. The third kappa shape index (κ3) is 3.24. The first-order valence-corrected chi connectivity index (χ1v) is 8.68. The lowest BCUT2D eigenvalue weighted by Gasteiger charge is -2.36. The zero-order valence-corrected chi connectivity index (χ0v) is 14.1. The highest BCUT2D eigenvalue weighted by Crippen LogP contribution is 2.31. The molecule has 2 saturated heterocycles. The number of anilines is 1. The number of nitrogens with zero attached hydrogens (tertiary/aromatic N) is 2. The molecule has 2 amide bonds. The van der Waals surface area contributed by atoms with E-state index in [0.717, 1.165) is 42.7 Å². The van der Waals surface area contributed by atoms with Crippen molar-refractivity contribution in [1.82, 2.24) is 4.90 Å². The first-order valence-electron chi connectivity index (χ1n) is 8.68. The number of likely N-dealkylation sites (tertiary alicyclic amines) is 1. The number of carbonyl (C=O) groups excluding carboxylic acids is 2. The molecular weight excluding hydrogens is 333 g/mol. The number of piperidine rings is 1. The van der Waals surface area contributed by atoms with Gasteiger partial charge in [-0.1, -0.05) is 6.92 Å². The van der Waals surface area contributed by atoms with Gasteiger partial charge in [0, 0.05) is 25.6 Å². The van der Waals surface area contributed by atoms with Crippen LogP contribution in [0.5, 0.6) is 0 Å². The average molecular weight is 354 g/mol. The summed E-state index contributed by atoms with van der Waals surface area (Å²) in [5.41, 5.74) is -0.315. The van der Waals surface area contributed by atoms with Gasteiger partial charge in [-0.2, -0.15) is 0 Å². The van der Waals surface area contributed by atoms with Crippen molar-refractivity contribution in [2.75, 3.05) is 18.0 Å². The molecule has 2 heterocycles. The largest absolute Gasteiger partial charge is 0.339 e. The van der Waals surface area contributed by atoms with Crippen molar-refractivity contribution in [3.05, 3.63) is 29.6 Å². The number of benzene rings is 1. The number of carbonyl (C=O) groups is 2. The number of hydrogen-bond acceptors (Lipinski definition) is 2. The lowest BCUT2D eigenvalue weighted by Crippen LogP contribution is -2.46. The molecule has 2 atom stereocenters.